The van der Waals surface area contributed by atoms with Crippen LogP contribution in [0.1, 0.15) is 21.6 Å². The minimum atomic E-state index is -0.585. The summed E-state index contributed by atoms with van der Waals surface area (Å²) in [6.07, 6.45) is 0. The Labute approximate surface area is 143 Å². The number of hydrogen-bond acceptors (Lipinski definition) is 6. The van der Waals surface area contributed by atoms with Crippen LogP contribution in [0.15, 0.2) is 18.2 Å². The Morgan fingerprint density at radius 1 is 1.35 bits per heavy atom. The highest BCUT2D eigenvalue weighted by molar-refractivity contribution is 7.10. The Bertz CT molecular complexity index is 746. The van der Waals surface area contributed by atoms with Gasteiger partial charge in [0.05, 0.1) is 5.69 Å². The highest BCUT2D eigenvalue weighted by Crippen LogP contribution is 2.24. The van der Waals surface area contributed by atoms with Crippen LogP contribution in [0, 0.1) is 13.8 Å². The van der Waals surface area contributed by atoms with Gasteiger partial charge in [0.2, 0.25) is 0 Å². The molecule has 0 saturated heterocycles. The van der Waals surface area contributed by atoms with E-state index in [9.17, 15) is 9.59 Å². The van der Waals surface area contributed by atoms with Crippen LogP contribution in [0.3, 0.4) is 0 Å². The van der Waals surface area contributed by atoms with E-state index in [0.717, 1.165) is 5.56 Å². The third-order valence-electron chi connectivity index (χ3n) is 3.08. The van der Waals surface area contributed by atoms with Crippen LogP contribution in [0.4, 0.5) is 10.7 Å². The minimum absolute atomic E-state index is 0.351. The van der Waals surface area contributed by atoms with Crippen LogP contribution in [0.5, 0.6) is 0 Å². The van der Waals surface area contributed by atoms with Crippen molar-refractivity contribution in [3.05, 3.63) is 40.0 Å². The maximum absolute atomic E-state index is 12.1. The number of nitrogens with one attached hydrogen (secondary N) is 2. The lowest BCUT2D eigenvalue weighted by Crippen LogP contribution is -2.21. The average molecular weight is 354 g/mol. The highest BCUT2D eigenvalue weighted by atomic mass is 35.5. The topological polar surface area (TPSA) is 80.3 Å². The Balaban J connectivity index is 1.94. The van der Waals surface area contributed by atoms with Gasteiger partial charge in [-0.25, -0.2) is 4.79 Å². The van der Waals surface area contributed by atoms with Crippen molar-refractivity contribution in [3.63, 3.8) is 0 Å². The van der Waals surface area contributed by atoms with Crippen molar-refractivity contribution in [3.8, 4) is 0 Å². The first-order valence-corrected chi connectivity index (χ1v) is 7.94. The first-order valence-electron chi connectivity index (χ1n) is 6.79. The molecule has 0 aliphatic carbocycles. The van der Waals surface area contributed by atoms with Crippen molar-refractivity contribution in [2.45, 2.75) is 13.8 Å². The standard InChI is InChI=1S/C15H16ClN3O3S/c1-8-4-5-10(6-11(8)16)18-12(20)7-22-15(21)13-9(2)19-23-14(13)17-3/h4-6,17H,7H2,1-3H3,(H,18,20). The van der Waals surface area contributed by atoms with Crippen molar-refractivity contribution >= 4 is 45.7 Å². The zero-order chi connectivity index (χ0) is 17.0. The molecule has 2 N–H and O–H groups in total. The summed E-state index contributed by atoms with van der Waals surface area (Å²) in [6, 6.07) is 5.17. The van der Waals surface area contributed by atoms with E-state index in [-0.39, 0.29) is 6.61 Å². The molecular weight excluding hydrogens is 338 g/mol. The van der Waals surface area contributed by atoms with E-state index in [4.69, 9.17) is 16.3 Å². The van der Waals surface area contributed by atoms with Gasteiger partial charge in [0.1, 0.15) is 10.6 Å². The lowest BCUT2D eigenvalue weighted by atomic mass is 10.2. The quantitative estimate of drug-likeness (QED) is 0.806. The number of ether oxygens (including phenoxy) is 1. The van der Waals surface area contributed by atoms with Gasteiger partial charge in [-0.15, -0.1) is 0 Å². The van der Waals surface area contributed by atoms with Crippen LogP contribution in [-0.4, -0.2) is 29.9 Å². The molecule has 0 aliphatic rings. The van der Waals surface area contributed by atoms with Crippen molar-refractivity contribution in [1.82, 2.24) is 4.37 Å². The maximum atomic E-state index is 12.1. The van der Waals surface area contributed by atoms with E-state index in [1.807, 2.05) is 6.92 Å². The molecule has 1 amide bonds. The van der Waals surface area contributed by atoms with Crippen LogP contribution < -0.4 is 10.6 Å². The van der Waals surface area contributed by atoms with Gasteiger partial charge < -0.3 is 15.4 Å². The zero-order valence-electron chi connectivity index (χ0n) is 12.9. The molecule has 2 aromatic rings. The summed E-state index contributed by atoms with van der Waals surface area (Å²) in [6.45, 7) is 3.19. The van der Waals surface area contributed by atoms with Crippen LogP contribution >= 0.6 is 23.1 Å². The molecule has 1 heterocycles. The molecule has 6 nitrogen and oxygen atoms in total. The predicted octanol–water partition coefficient (Wildman–Crippen LogP) is 3.25. The summed E-state index contributed by atoms with van der Waals surface area (Å²) in [7, 11) is 1.69. The molecule has 2 rings (SSSR count). The smallest absolute Gasteiger partial charge is 0.343 e. The molecule has 0 radical (unpaired) electrons. The minimum Gasteiger partial charge on any atom is -0.452 e. The van der Waals surface area contributed by atoms with E-state index in [1.54, 1.807) is 32.2 Å². The van der Waals surface area contributed by atoms with Crippen molar-refractivity contribution < 1.29 is 14.3 Å². The van der Waals surface area contributed by atoms with E-state index >= 15 is 0 Å². The van der Waals surface area contributed by atoms with Crippen molar-refractivity contribution in [1.29, 1.82) is 0 Å². The summed E-state index contributed by atoms with van der Waals surface area (Å²) in [5.74, 6) is -1.03. The van der Waals surface area contributed by atoms with E-state index in [2.05, 4.69) is 15.0 Å². The molecule has 0 aliphatic heterocycles. The van der Waals surface area contributed by atoms with Gasteiger partial charge in [0, 0.05) is 17.8 Å². The number of halogens is 1. The zero-order valence-corrected chi connectivity index (χ0v) is 14.5. The number of nitrogens with zero attached hydrogens (tertiary/aromatic N) is 1. The molecular formula is C15H16ClN3O3S. The Morgan fingerprint density at radius 3 is 2.74 bits per heavy atom. The molecule has 0 spiro atoms. The van der Waals surface area contributed by atoms with Gasteiger partial charge in [-0.05, 0) is 43.1 Å². The first kappa shape index (κ1) is 17.2. The number of benzene rings is 1. The maximum Gasteiger partial charge on any atom is 0.343 e. The van der Waals surface area contributed by atoms with E-state index in [0.29, 0.717) is 27.0 Å². The number of aryl methyl sites for hydroxylation is 2. The summed E-state index contributed by atoms with van der Waals surface area (Å²) in [5.41, 5.74) is 2.38. The third-order valence-corrected chi connectivity index (χ3v) is 4.45. The fourth-order valence-corrected chi connectivity index (χ4v) is 2.77. The number of carbonyl (C=O) groups is 2. The highest BCUT2D eigenvalue weighted by Gasteiger charge is 2.20. The summed E-state index contributed by atoms with van der Waals surface area (Å²) in [5, 5.41) is 6.66. The summed E-state index contributed by atoms with van der Waals surface area (Å²) >= 11 is 7.16. The molecule has 23 heavy (non-hydrogen) atoms. The van der Waals surface area contributed by atoms with Crippen molar-refractivity contribution in [2.75, 3.05) is 24.3 Å². The van der Waals surface area contributed by atoms with Gasteiger partial charge in [-0.1, -0.05) is 17.7 Å². The second-order valence-corrected chi connectivity index (χ2v) is 5.99. The van der Waals surface area contributed by atoms with Gasteiger partial charge in [-0.2, -0.15) is 4.37 Å². The van der Waals surface area contributed by atoms with E-state index in [1.165, 1.54) is 11.5 Å². The SMILES string of the molecule is CNc1snc(C)c1C(=O)OCC(=O)Nc1ccc(C)c(Cl)c1. The number of esters is 1. The second kappa shape index (κ2) is 7.43. The summed E-state index contributed by atoms with van der Waals surface area (Å²) < 4.78 is 9.12. The molecule has 0 bridgehead atoms. The largest absolute Gasteiger partial charge is 0.452 e. The fourth-order valence-electron chi connectivity index (χ4n) is 1.85. The molecule has 8 heteroatoms. The van der Waals surface area contributed by atoms with Gasteiger partial charge >= 0.3 is 5.97 Å². The molecule has 1 aromatic carbocycles. The normalized spacial score (nSPS) is 10.3. The van der Waals surface area contributed by atoms with Crippen LogP contribution in [0.25, 0.3) is 0 Å². The third kappa shape index (κ3) is 4.20. The van der Waals surface area contributed by atoms with Gasteiger partial charge in [0.25, 0.3) is 5.91 Å². The predicted molar refractivity (Wildman–Crippen MR) is 91.5 cm³/mol. The number of amides is 1. The Kier molecular flexibility index (Phi) is 5.57. The number of rotatable bonds is 5. The molecule has 0 saturated carbocycles. The second-order valence-electron chi connectivity index (χ2n) is 4.81. The lowest BCUT2D eigenvalue weighted by Gasteiger charge is -2.08. The number of aromatic nitrogens is 1. The van der Waals surface area contributed by atoms with Crippen LogP contribution in [0.2, 0.25) is 5.02 Å². The van der Waals surface area contributed by atoms with Crippen LogP contribution in [-0.2, 0) is 9.53 Å². The molecule has 0 atom stereocenters. The van der Waals surface area contributed by atoms with Crippen molar-refractivity contribution in [2.24, 2.45) is 0 Å². The Hall–Kier alpha value is -2.12. The fraction of sp³-hybridized carbons (Fsp3) is 0.267. The van der Waals surface area contributed by atoms with E-state index < -0.39 is 11.9 Å². The number of anilines is 2. The average Bonchev–Trinajstić information content (AvgIpc) is 2.89. The molecule has 0 fully saturated rings. The Morgan fingerprint density at radius 2 is 2.09 bits per heavy atom. The molecule has 0 unspecified atom stereocenters. The van der Waals surface area contributed by atoms with Gasteiger partial charge in [-0.3, -0.25) is 4.79 Å². The number of carbonyl (C=O) groups excluding carboxylic acids is 2. The molecule has 1 aromatic heterocycles. The molecule has 122 valence electrons. The van der Waals surface area contributed by atoms with Gasteiger partial charge in [0.15, 0.2) is 6.61 Å². The number of hydrogen-bond donors (Lipinski definition) is 2. The first-order chi connectivity index (χ1) is 10.9. The lowest BCUT2D eigenvalue weighted by molar-refractivity contribution is -0.119. The monoisotopic (exact) mass is 353 g/mol. The summed E-state index contributed by atoms with van der Waals surface area (Å²) in [4.78, 5) is 23.9.